The van der Waals surface area contributed by atoms with Crippen LogP contribution < -0.4 is 11.1 Å². The van der Waals surface area contributed by atoms with Crippen LogP contribution >= 0.6 is 15.9 Å². The molecule has 2 aromatic rings. The molecule has 0 spiro atoms. The molecule has 0 atom stereocenters. The highest BCUT2D eigenvalue weighted by atomic mass is 79.9. The van der Waals surface area contributed by atoms with E-state index in [1.807, 2.05) is 6.07 Å². The van der Waals surface area contributed by atoms with Crippen LogP contribution in [0.2, 0.25) is 0 Å². The summed E-state index contributed by atoms with van der Waals surface area (Å²) >= 11 is 3.34. The molecule has 8 heteroatoms. The van der Waals surface area contributed by atoms with Crippen molar-refractivity contribution in [3.8, 4) is 0 Å². The standard InChI is InChI=1S/C12H16BrN5O2/c1-20-5-3-15-10(19)2-4-18-11-9(17-12(18)14)6-8(13)7-16-11/h6-7H,2-5H2,1H3,(H2,14,17)(H,15,19). The Hall–Kier alpha value is -1.67. The Balaban J connectivity index is 2.02. The molecule has 0 unspecified atom stereocenters. The van der Waals surface area contributed by atoms with Gasteiger partial charge in [0.2, 0.25) is 11.9 Å². The van der Waals surface area contributed by atoms with Crippen molar-refractivity contribution >= 4 is 38.9 Å². The number of aromatic nitrogens is 3. The van der Waals surface area contributed by atoms with E-state index < -0.39 is 0 Å². The highest BCUT2D eigenvalue weighted by molar-refractivity contribution is 9.10. The Morgan fingerprint density at radius 2 is 2.40 bits per heavy atom. The van der Waals surface area contributed by atoms with Crippen molar-refractivity contribution in [2.24, 2.45) is 0 Å². The van der Waals surface area contributed by atoms with Gasteiger partial charge in [0.15, 0.2) is 5.65 Å². The number of anilines is 1. The first-order chi connectivity index (χ1) is 9.61. The minimum absolute atomic E-state index is 0.0552. The number of ether oxygens (including phenoxy) is 1. The number of imidazole rings is 1. The van der Waals surface area contributed by atoms with Gasteiger partial charge >= 0.3 is 0 Å². The van der Waals surface area contributed by atoms with Crippen LogP contribution in [-0.4, -0.2) is 40.7 Å². The first-order valence-electron chi connectivity index (χ1n) is 6.14. The lowest BCUT2D eigenvalue weighted by atomic mass is 10.4. The molecule has 1 amide bonds. The molecule has 0 fully saturated rings. The summed E-state index contributed by atoms with van der Waals surface area (Å²) in [5, 5.41) is 2.76. The quantitative estimate of drug-likeness (QED) is 0.762. The van der Waals surface area contributed by atoms with Crippen molar-refractivity contribution in [1.29, 1.82) is 0 Å². The molecule has 108 valence electrons. The number of halogens is 1. The van der Waals surface area contributed by atoms with Crippen molar-refractivity contribution in [3.05, 3.63) is 16.7 Å². The van der Waals surface area contributed by atoms with Gasteiger partial charge in [-0.15, -0.1) is 0 Å². The van der Waals surface area contributed by atoms with Crippen molar-refractivity contribution in [2.75, 3.05) is 26.0 Å². The molecule has 0 radical (unpaired) electrons. The monoisotopic (exact) mass is 341 g/mol. The number of amides is 1. The van der Waals surface area contributed by atoms with Gasteiger partial charge in [0.05, 0.1) is 6.61 Å². The lowest BCUT2D eigenvalue weighted by molar-refractivity contribution is -0.121. The number of rotatable bonds is 6. The Bertz CT molecular complexity index is 613. The Morgan fingerprint density at radius 3 is 3.15 bits per heavy atom. The van der Waals surface area contributed by atoms with Crippen molar-refractivity contribution in [1.82, 2.24) is 19.9 Å². The number of aryl methyl sites for hydroxylation is 1. The van der Waals surface area contributed by atoms with Gasteiger partial charge in [-0.1, -0.05) is 0 Å². The third-order valence-corrected chi connectivity index (χ3v) is 3.21. The Labute approximate surface area is 124 Å². The van der Waals surface area contributed by atoms with Crippen LogP contribution in [0.3, 0.4) is 0 Å². The zero-order valence-corrected chi connectivity index (χ0v) is 12.7. The van der Waals surface area contributed by atoms with Crippen LogP contribution in [0.4, 0.5) is 5.95 Å². The number of methoxy groups -OCH3 is 1. The summed E-state index contributed by atoms with van der Waals surface area (Å²) in [5.41, 5.74) is 7.24. The molecule has 0 aliphatic heterocycles. The Kier molecular flexibility index (Phi) is 4.91. The lowest BCUT2D eigenvalue weighted by Crippen LogP contribution is -2.27. The van der Waals surface area contributed by atoms with Crippen LogP contribution in [0.5, 0.6) is 0 Å². The number of fused-ring (bicyclic) bond motifs is 1. The minimum Gasteiger partial charge on any atom is -0.383 e. The fourth-order valence-corrected chi connectivity index (χ4v) is 2.14. The zero-order chi connectivity index (χ0) is 14.5. The number of pyridine rings is 1. The number of carbonyl (C=O) groups excluding carboxylic acids is 1. The van der Waals surface area contributed by atoms with E-state index in [1.54, 1.807) is 17.9 Å². The number of carbonyl (C=O) groups is 1. The van der Waals surface area contributed by atoms with E-state index >= 15 is 0 Å². The Morgan fingerprint density at radius 1 is 1.60 bits per heavy atom. The lowest BCUT2D eigenvalue weighted by Gasteiger charge is -2.07. The van der Waals surface area contributed by atoms with E-state index in [-0.39, 0.29) is 5.91 Å². The van der Waals surface area contributed by atoms with E-state index in [0.29, 0.717) is 43.2 Å². The summed E-state index contributed by atoms with van der Waals surface area (Å²) in [7, 11) is 1.59. The second-order valence-electron chi connectivity index (χ2n) is 4.21. The van der Waals surface area contributed by atoms with Crippen LogP contribution in [0, 0.1) is 0 Å². The summed E-state index contributed by atoms with van der Waals surface area (Å²) in [4.78, 5) is 20.1. The second kappa shape index (κ2) is 6.67. The van der Waals surface area contributed by atoms with Crippen molar-refractivity contribution < 1.29 is 9.53 Å². The molecule has 0 aliphatic rings. The molecule has 7 nitrogen and oxygen atoms in total. The summed E-state index contributed by atoms with van der Waals surface area (Å²) in [6.45, 7) is 1.44. The minimum atomic E-state index is -0.0552. The SMILES string of the molecule is COCCNC(=O)CCn1c(N)nc2cc(Br)cnc21. The summed E-state index contributed by atoms with van der Waals surface area (Å²) in [5.74, 6) is 0.302. The molecule has 3 N–H and O–H groups in total. The van der Waals surface area contributed by atoms with Crippen LogP contribution in [0.1, 0.15) is 6.42 Å². The largest absolute Gasteiger partial charge is 0.383 e. The van der Waals surface area contributed by atoms with Crippen molar-refractivity contribution in [2.45, 2.75) is 13.0 Å². The molecule has 2 aromatic heterocycles. The molecule has 0 bridgehead atoms. The number of nitrogens with two attached hydrogens (primary N) is 1. The van der Waals surface area contributed by atoms with Gasteiger partial charge in [0.25, 0.3) is 0 Å². The van der Waals surface area contributed by atoms with Gasteiger partial charge in [-0.2, -0.15) is 0 Å². The predicted molar refractivity (Wildman–Crippen MR) is 79.1 cm³/mol. The molecular weight excluding hydrogens is 326 g/mol. The molecule has 2 heterocycles. The van der Waals surface area contributed by atoms with E-state index in [9.17, 15) is 4.79 Å². The molecule has 0 aromatic carbocycles. The normalized spacial score (nSPS) is 10.9. The van der Waals surface area contributed by atoms with E-state index in [4.69, 9.17) is 10.5 Å². The van der Waals surface area contributed by atoms with Gasteiger partial charge in [-0.05, 0) is 22.0 Å². The number of hydrogen-bond acceptors (Lipinski definition) is 5. The second-order valence-corrected chi connectivity index (χ2v) is 5.13. The fraction of sp³-hybridized carbons (Fsp3) is 0.417. The number of hydrogen-bond donors (Lipinski definition) is 2. The molecule has 0 aliphatic carbocycles. The van der Waals surface area contributed by atoms with Gasteiger partial charge < -0.3 is 15.8 Å². The van der Waals surface area contributed by atoms with Gasteiger partial charge in [0.1, 0.15) is 5.52 Å². The highest BCUT2D eigenvalue weighted by Gasteiger charge is 2.11. The van der Waals surface area contributed by atoms with Crippen LogP contribution in [0.15, 0.2) is 16.7 Å². The third kappa shape index (κ3) is 3.45. The highest BCUT2D eigenvalue weighted by Crippen LogP contribution is 2.19. The van der Waals surface area contributed by atoms with Gasteiger partial charge in [-0.3, -0.25) is 9.36 Å². The maximum absolute atomic E-state index is 11.6. The van der Waals surface area contributed by atoms with Crippen LogP contribution in [0.25, 0.3) is 11.2 Å². The smallest absolute Gasteiger partial charge is 0.221 e. The first-order valence-corrected chi connectivity index (χ1v) is 6.94. The number of nitrogens with zero attached hydrogens (tertiary/aromatic N) is 3. The first kappa shape index (κ1) is 14.7. The van der Waals surface area contributed by atoms with Gasteiger partial charge in [-0.25, -0.2) is 9.97 Å². The zero-order valence-electron chi connectivity index (χ0n) is 11.1. The maximum atomic E-state index is 11.6. The molecule has 0 saturated carbocycles. The molecule has 0 saturated heterocycles. The fourth-order valence-electron chi connectivity index (χ4n) is 1.82. The molecular formula is C12H16BrN5O2. The summed E-state index contributed by atoms with van der Waals surface area (Å²) < 4.78 is 7.44. The number of nitrogens with one attached hydrogen (secondary N) is 1. The average Bonchev–Trinajstić information content (AvgIpc) is 2.71. The summed E-state index contributed by atoms with van der Waals surface area (Å²) in [6.07, 6.45) is 2.00. The van der Waals surface area contributed by atoms with E-state index in [2.05, 4.69) is 31.2 Å². The topological polar surface area (TPSA) is 95.1 Å². The molecule has 20 heavy (non-hydrogen) atoms. The average molecular weight is 342 g/mol. The third-order valence-electron chi connectivity index (χ3n) is 2.77. The number of nitrogen functional groups attached to an aromatic ring is 1. The van der Waals surface area contributed by atoms with Crippen molar-refractivity contribution in [3.63, 3.8) is 0 Å². The van der Waals surface area contributed by atoms with E-state index in [1.165, 1.54) is 0 Å². The van der Waals surface area contributed by atoms with Gasteiger partial charge in [0, 0.05) is 37.3 Å². The molecule has 2 rings (SSSR count). The van der Waals surface area contributed by atoms with E-state index in [0.717, 1.165) is 4.47 Å². The predicted octanol–water partition coefficient (Wildman–Crippen LogP) is 0.929. The maximum Gasteiger partial charge on any atom is 0.221 e. The van der Waals surface area contributed by atoms with Crippen LogP contribution in [-0.2, 0) is 16.1 Å². The summed E-state index contributed by atoms with van der Waals surface area (Å²) in [6, 6.07) is 1.84.